The summed E-state index contributed by atoms with van der Waals surface area (Å²) in [6, 6.07) is 0. The molecule has 0 aliphatic heterocycles. The number of hydrogen-bond acceptors (Lipinski definition) is 4. The quantitative estimate of drug-likeness (QED) is 0.389. The minimum atomic E-state index is -0.831. The minimum Gasteiger partial charge on any atom is -0.461 e. The van der Waals surface area contributed by atoms with Crippen molar-refractivity contribution in [2.75, 3.05) is 14.2 Å². The summed E-state index contributed by atoms with van der Waals surface area (Å²) in [5, 5.41) is 0. The predicted molar refractivity (Wildman–Crippen MR) is 87.4 cm³/mol. The molecule has 0 saturated heterocycles. The number of hydrogen-bond donors (Lipinski definition) is 0. The van der Waals surface area contributed by atoms with Gasteiger partial charge in [-0.3, -0.25) is 4.79 Å². The Hall–Kier alpha value is -1.39. The van der Waals surface area contributed by atoms with Crippen LogP contribution in [0, 0.1) is 5.92 Å². The van der Waals surface area contributed by atoms with Crippen LogP contribution in [0.2, 0.25) is 0 Å². The van der Waals surface area contributed by atoms with Crippen molar-refractivity contribution in [2.45, 2.75) is 51.9 Å². The van der Waals surface area contributed by atoms with Gasteiger partial charge in [0.25, 0.3) is 0 Å². The van der Waals surface area contributed by atoms with Gasteiger partial charge in [-0.05, 0) is 25.8 Å². The maximum Gasteiger partial charge on any atom is 0.302 e. The van der Waals surface area contributed by atoms with Gasteiger partial charge in [0.1, 0.15) is 6.10 Å². The Labute approximate surface area is 133 Å². The molecule has 22 heavy (non-hydrogen) atoms. The van der Waals surface area contributed by atoms with E-state index >= 15 is 0 Å². The normalized spacial score (nSPS) is 21.2. The van der Waals surface area contributed by atoms with Crippen LogP contribution < -0.4 is 0 Å². The fourth-order valence-corrected chi connectivity index (χ4v) is 3.07. The standard InChI is InChI=1S/C18H28O4/c1-7-15-10-11-16(22-14(4)19)17(15)18(20-5,21-6)12-8-9-13(2)3/h7,9-10,16-17H,1,8,11-12H2,2-6H3/t16-,17-/m0/s1. The molecule has 0 aromatic rings. The Bertz CT molecular complexity index is 454. The van der Waals surface area contributed by atoms with Crippen molar-refractivity contribution in [3.05, 3.63) is 36.0 Å². The molecule has 0 bridgehead atoms. The smallest absolute Gasteiger partial charge is 0.302 e. The number of ether oxygens (including phenoxy) is 3. The van der Waals surface area contributed by atoms with Gasteiger partial charge in [-0.25, -0.2) is 0 Å². The highest BCUT2D eigenvalue weighted by Crippen LogP contribution is 2.42. The topological polar surface area (TPSA) is 44.8 Å². The maximum atomic E-state index is 11.4. The molecule has 0 N–H and O–H groups in total. The molecule has 0 heterocycles. The molecule has 2 atom stereocenters. The van der Waals surface area contributed by atoms with Gasteiger partial charge in [-0.15, -0.1) is 0 Å². The third kappa shape index (κ3) is 4.31. The van der Waals surface area contributed by atoms with Crippen LogP contribution in [0.1, 0.15) is 40.0 Å². The lowest BCUT2D eigenvalue weighted by Crippen LogP contribution is -2.47. The van der Waals surface area contributed by atoms with E-state index in [2.05, 4.69) is 26.5 Å². The zero-order valence-electron chi connectivity index (χ0n) is 14.3. The molecule has 0 radical (unpaired) electrons. The Balaban J connectivity index is 3.06. The summed E-state index contributed by atoms with van der Waals surface area (Å²) in [5.41, 5.74) is 2.26. The molecule has 0 saturated carbocycles. The summed E-state index contributed by atoms with van der Waals surface area (Å²) in [7, 11) is 3.27. The van der Waals surface area contributed by atoms with Crippen molar-refractivity contribution in [1.82, 2.24) is 0 Å². The maximum absolute atomic E-state index is 11.4. The summed E-state index contributed by atoms with van der Waals surface area (Å²) >= 11 is 0. The van der Waals surface area contributed by atoms with Gasteiger partial charge in [0, 0.05) is 34.0 Å². The highest BCUT2D eigenvalue weighted by Gasteiger charge is 2.48. The number of esters is 1. The Morgan fingerprint density at radius 2 is 2.00 bits per heavy atom. The molecule has 0 fully saturated rings. The van der Waals surface area contributed by atoms with Gasteiger partial charge >= 0.3 is 5.97 Å². The highest BCUT2D eigenvalue weighted by molar-refractivity contribution is 5.66. The van der Waals surface area contributed by atoms with Crippen LogP contribution in [-0.4, -0.2) is 32.1 Å². The molecular weight excluding hydrogens is 280 g/mol. The average Bonchev–Trinajstić information content (AvgIpc) is 2.86. The zero-order valence-corrected chi connectivity index (χ0v) is 14.3. The van der Waals surface area contributed by atoms with Gasteiger partial charge in [-0.1, -0.05) is 30.4 Å². The lowest BCUT2D eigenvalue weighted by Gasteiger charge is -2.40. The van der Waals surface area contributed by atoms with Gasteiger partial charge < -0.3 is 14.2 Å². The molecular formula is C18H28O4. The Kier molecular flexibility index (Phi) is 7.04. The molecule has 0 aromatic carbocycles. The van der Waals surface area contributed by atoms with Gasteiger partial charge in [0.15, 0.2) is 5.79 Å². The first kappa shape index (κ1) is 18.7. The van der Waals surface area contributed by atoms with E-state index in [1.165, 1.54) is 12.5 Å². The lowest BCUT2D eigenvalue weighted by atomic mass is 9.86. The van der Waals surface area contributed by atoms with E-state index in [0.29, 0.717) is 12.8 Å². The third-order valence-corrected chi connectivity index (χ3v) is 4.08. The van der Waals surface area contributed by atoms with Crippen LogP contribution in [0.4, 0.5) is 0 Å². The van der Waals surface area contributed by atoms with E-state index in [4.69, 9.17) is 14.2 Å². The van der Waals surface area contributed by atoms with Crippen LogP contribution in [0.25, 0.3) is 0 Å². The minimum absolute atomic E-state index is 0.172. The van der Waals surface area contributed by atoms with Crippen LogP contribution in [0.15, 0.2) is 36.0 Å². The monoisotopic (exact) mass is 308 g/mol. The van der Waals surface area contributed by atoms with Crippen molar-refractivity contribution in [3.8, 4) is 0 Å². The first-order chi connectivity index (χ1) is 10.4. The summed E-state index contributed by atoms with van der Waals surface area (Å²) in [5.74, 6) is -1.30. The molecule has 0 unspecified atom stereocenters. The average molecular weight is 308 g/mol. The first-order valence-corrected chi connectivity index (χ1v) is 7.63. The Morgan fingerprint density at radius 3 is 2.45 bits per heavy atom. The molecule has 0 amide bonds. The Morgan fingerprint density at radius 1 is 1.36 bits per heavy atom. The second-order valence-electron chi connectivity index (χ2n) is 5.81. The predicted octanol–water partition coefficient (Wildman–Crippen LogP) is 3.79. The van der Waals surface area contributed by atoms with E-state index in [0.717, 1.165) is 12.0 Å². The summed E-state index contributed by atoms with van der Waals surface area (Å²) < 4.78 is 17.0. The number of carbonyl (C=O) groups is 1. The fourth-order valence-electron chi connectivity index (χ4n) is 3.07. The van der Waals surface area contributed by atoms with E-state index in [1.54, 1.807) is 20.3 Å². The zero-order chi connectivity index (χ0) is 16.8. The first-order valence-electron chi connectivity index (χ1n) is 7.63. The van der Waals surface area contributed by atoms with Crippen LogP contribution in [0.3, 0.4) is 0 Å². The summed E-state index contributed by atoms with van der Waals surface area (Å²) in [4.78, 5) is 11.4. The molecule has 124 valence electrons. The SMILES string of the molecule is C=CC1=CC[C@H](OC(C)=O)[C@H]1C(CCC=C(C)C)(OC)OC. The van der Waals surface area contributed by atoms with Crippen molar-refractivity contribution in [2.24, 2.45) is 5.92 Å². The van der Waals surface area contributed by atoms with Crippen molar-refractivity contribution in [1.29, 1.82) is 0 Å². The molecule has 0 spiro atoms. The molecule has 4 heteroatoms. The van der Waals surface area contributed by atoms with Crippen molar-refractivity contribution in [3.63, 3.8) is 0 Å². The largest absolute Gasteiger partial charge is 0.461 e. The van der Waals surface area contributed by atoms with E-state index in [9.17, 15) is 4.79 Å². The molecule has 1 rings (SSSR count). The van der Waals surface area contributed by atoms with Crippen LogP contribution in [0.5, 0.6) is 0 Å². The van der Waals surface area contributed by atoms with E-state index in [-0.39, 0.29) is 18.0 Å². The van der Waals surface area contributed by atoms with Crippen LogP contribution >= 0.6 is 0 Å². The number of methoxy groups -OCH3 is 2. The molecule has 1 aliphatic carbocycles. The summed E-state index contributed by atoms with van der Waals surface area (Å²) in [6.07, 6.45) is 7.87. The van der Waals surface area contributed by atoms with Crippen LogP contribution in [-0.2, 0) is 19.0 Å². The number of carbonyl (C=O) groups excluding carboxylic acids is 1. The van der Waals surface area contributed by atoms with E-state index in [1.807, 2.05) is 6.08 Å². The van der Waals surface area contributed by atoms with Gasteiger partial charge in [0.05, 0.1) is 5.92 Å². The van der Waals surface area contributed by atoms with Gasteiger partial charge in [0.2, 0.25) is 0 Å². The van der Waals surface area contributed by atoms with E-state index < -0.39 is 5.79 Å². The second kappa shape index (κ2) is 8.30. The van der Waals surface area contributed by atoms with Gasteiger partial charge in [-0.2, -0.15) is 0 Å². The number of allylic oxidation sites excluding steroid dienone is 3. The molecule has 1 aliphatic rings. The fraction of sp³-hybridized carbons (Fsp3) is 0.611. The lowest BCUT2D eigenvalue weighted by molar-refractivity contribution is -0.250. The summed E-state index contributed by atoms with van der Waals surface area (Å²) in [6.45, 7) is 9.42. The highest BCUT2D eigenvalue weighted by atomic mass is 16.7. The molecule has 0 aromatic heterocycles. The molecule has 4 nitrogen and oxygen atoms in total. The van der Waals surface area contributed by atoms with Crippen molar-refractivity contribution < 1.29 is 19.0 Å². The third-order valence-electron chi connectivity index (χ3n) is 4.08. The van der Waals surface area contributed by atoms with Crippen molar-refractivity contribution >= 4 is 5.97 Å². The second-order valence-corrected chi connectivity index (χ2v) is 5.81. The number of rotatable bonds is 8.